The van der Waals surface area contributed by atoms with Crippen molar-refractivity contribution < 1.29 is 56.4 Å². The second kappa shape index (κ2) is 17.4. The first-order valence-electron chi connectivity index (χ1n) is 26.6. The van der Waals surface area contributed by atoms with Gasteiger partial charge in [0.05, 0.1) is 23.0 Å². The van der Waals surface area contributed by atoms with Crippen molar-refractivity contribution in [1.29, 1.82) is 0 Å². The van der Waals surface area contributed by atoms with E-state index in [0.29, 0.717) is 50.8 Å². The van der Waals surface area contributed by atoms with Crippen LogP contribution in [0.25, 0.3) is 0 Å². The number of carbonyl (C=O) groups excluding carboxylic acids is 3. The SMILES string of the molecule is CC(C)(C)CCN1C[C@@H]2C[C@H]3[C@@H]4C[C@H](F)C5=CC(=O)C=C[C@]5(C)[C@@]4(F)[C@@H](O)C[C@]3(C)[C@]2(C(=O)O)C1.CC(C)(C)CCN1C[C@@H]2C[C@H]3[C@@H]4C[C@H](F)C5=CC(=O)C=C[C@]5(C)[C@@]4(F)[C@@H](O)C[C@]3(C)[C@]2(C(=O)SCF)C1. The van der Waals surface area contributed by atoms with Crippen molar-refractivity contribution >= 4 is 34.4 Å². The highest BCUT2D eigenvalue weighted by Crippen LogP contribution is 2.77. The Morgan fingerprint density at radius 3 is 1.44 bits per heavy atom. The van der Waals surface area contributed by atoms with Crippen LogP contribution >= 0.6 is 11.8 Å². The first-order chi connectivity index (χ1) is 33.2. The van der Waals surface area contributed by atoms with Gasteiger partial charge in [0.2, 0.25) is 0 Å². The van der Waals surface area contributed by atoms with E-state index in [9.17, 15) is 38.9 Å². The fourth-order valence-corrected chi connectivity index (χ4v) is 18.8. The number of halogens is 5. The number of carboxylic acid groups (broad SMARTS) is 1. The number of thioether (sulfide) groups is 1. The molecule has 9 nitrogen and oxygen atoms in total. The van der Waals surface area contributed by atoms with Crippen molar-refractivity contribution in [2.24, 2.45) is 78.8 Å². The summed E-state index contributed by atoms with van der Waals surface area (Å²) in [7, 11) is 0. The number of ketones is 2. The molecule has 0 radical (unpaired) electrons. The molecule has 10 aliphatic rings. The lowest BCUT2D eigenvalue weighted by atomic mass is 9.43. The van der Waals surface area contributed by atoms with Crippen LogP contribution in [0.3, 0.4) is 0 Å². The maximum atomic E-state index is 17.4. The molecule has 0 amide bonds. The number of fused-ring (bicyclic) bond motifs is 14. The Morgan fingerprint density at radius 1 is 0.667 bits per heavy atom. The Kier molecular flexibility index (Phi) is 13.1. The number of rotatable bonds is 7. The molecule has 3 N–H and O–H groups in total. The topological polar surface area (TPSA) is 135 Å². The Hall–Kier alpha value is -2.72. The molecular weight excluding hydrogens is 952 g/mol. The molecule has 2 heterocycles. The highest BCUT2D eigenvalue weighted by Gasteiger charge is 2.80. The first kappa shape index (κ1) is 54.1. The van der Waals surface area contributed by atoms with Crippen LogP contribution in [0.5, 0.6) is 0 Å². The van der Waals surface area contributed by atoms with Gasteiger partial charge >= 0.3 is 5.97 Å². The van der Waals surface area contributed by atoms with Crippen molar-refractivity contribution in [3.05, 3.63) is 47.6 Å². The van der Waals surface area contributed by atoms with Crippen LogP contribution in [-0.2, 0) is 19.2 Å². The highest BCUT2D eigenvalue weighted by molar-refractivity contribution is 8.13. The predicted molar refractivity (Wildman–Crippen MR) is 267 cm³/mol. The van der Waals surface area contributed by atoms with E-state index in [2.05, 4.69) is 51.3 Å². The zero-order chi connectivity index (χ0) is 52.9. The lowest BCUT2D eigenvalue weighted by Crippen LogP contribution is -2.69. The summed E-state index contributed by atoms with van der Waals surface area (Å²) in [5, 5.41) is 33.5. The van der Waals surface area contributed by atoms with Crippen molar-refractivity contribution in [1.82, 2.24) is 9.80 Å². The summed E-state index contributed by atoms with van der Waals surface area (Å²) in [6.07, 6.45) is 4.68. The molecule has 2 aliphatic heterocycles. The average molecular weight is 1030 g/mol. The van der Waals surface area contributed by atoms with Gasteiger partial charge in [0, 0.05) is 48.8 Å². The van der Waals surface area contributed by atoms with Crippen molar-refractivity contribution in [3.8, 4) is 0 Å². The van der Waals surface area contributed by atoms with Crippen molar-refractivity contribution in [3.63, 3.8) is 0 Å². The molecule has 8 fully saturated rings. The second-order valence-electron chi connectivity index (χ2n) is 27.5. The number of alkyl halides is 5. The van der Waals surface area contributed by atoms with E-state index < -0.39 is 92.2 Å². The zero-order valence-electron chi connectivity index (χ0n) is 44.0. The smallest absolute Gasteiger partial charge is 0.311 e. The summed E-state index contributed by atoms with van der Waals surface area (Å²) in [6, 6.07) is -0.827. The van der Waals surface area contributed by atoms with Gasteiger partial charge in [0.25, 0.3) is 0 Å². The molecule has 0 aromatic carbocycles. The Morgan fingerprint density at radius 2 is 1.06 bits per heavy atom. The third kappa shape index (κ3) is 7.37. The van der Waals surface area contributed by atoms with Gasteiger partial charge in [-0.1, -0.05) is 79.3 Å². The molecule has 15 heteroatoms. The summed E-state index contributed by atoms with van der Waals surface area (Å²) < 4.78 is 79.6. The Bertz CT molecular complexity index is 2400. The Balaban J connectivity index is 0.000000178. The molecule has 0 bridgehead atoms. The van der Waals surface area contributed by atoms with Gasteiger partial charge in [-0.15, -0.1) is 0 Å². The highest BCUT2D eigenvalue weighted by atomic mass is 32.2. The minimum Gasteiger partial charge on any atom is -0.481 e. The van der Waals surface area contributed by atoms with Gasteiger partial charge in [0.1, 0.15) is 18.3 Å². The molecule has 0 unspecified atom stereocenters. The van der Waals surface area contributed by atoms with Crippen LogP contribution in [0.2, 0.25) is 0 Å². The lowest BCUT2D eigenvalue weighted by molar-refractivity contribution is -0.215. The molecule has 0 spiro atoms. The molecule has 72 heavy (non-hydrogen) atoms. The van der Waals surface area contributed by atoms with Crippen molar-refractivity contribution in [2.45, 2.75) is 156 Å². The molecule has 2 saturated heterocycles. The van der Waals surface area contributed by atoms with E-state index in [-0.39, 0.29) is 88.0 Å². The largest absolute Gasteiger partial charge is 0.481 e. The number of aliphatic hydroxyl groups is 2. The molecule has 18 atom stereocenters. The Labute approximate surface area is 427 Å². The third-order valence-corrected chi connectivity index (χ3v) is 22.5. The normalized spacial score (nSPS) is 48.2. The van der Waals surface area contributed by atoms with Gasteiger partial charge in [-0.3, -0.25) is 19.2 Å². The maximum Gasteiger partial charge on any atom is 0.311 e. The van der Waals surface area contributed by atoms with Gasteiger partial charge < -0.3 is 25.1 Å². The van der Waals surface area contributed by atoms with Crippen LogP contribution in [0.15, 0.2) is 47.6 Å². The van der Waals surface area contributed by atoms with Crippen LogP contribution in [-0.4, -0.2) is 129 Å². The standard InChI is InChI=1S/C29H40F3NO3S.C28H39F2NO4/c1-25(2,3)8-9-33-14-17-10-19-20-12-22(31)21-11-18(34)6-7-26(21,4)29(20,32)23(35)13-27(19,5)28(17,15-33)24(36)37-16-30;1-24(2,3)8-9-31-14-16-10-18-19-12-21(29)20-11-17(32)6-7-25(20,4)28(19,30)22(33)13-26(18,5)27(16,15-31)23(34)35/h6-7,11,17,19-20,22-23,35H,8-10,12-16H2,1-5H3;6-7,11,16,18-19,21-22,33H,8-10,12-15H2,1-5H3,(H,34,35)/t17-,19-,20-,22-,23-,26-,27-,28+,29-;16-,18-,19-,21-,22-,25-,26-,27+,28-/m00/s1. The van der Waals surface area contributed by atoms with E-state index in [0.717, 1.165) is 25.9 Å². The third-order valence-electron chi connectivity index (χ3n) is 21.7. The number of hydrogen-bond donors (Lipinski definition) is 3. The van der Waals surface area contributed by atoms with E-state index in [1.165, 1.54) is 36.5 Å². The summed E-state index contributed by atoms with van der Waals surface area (Å²) in [5.41, 5.74) is -10.4. The summed E-state index contributed by atoms with van der Waals surface area (Å²) >= 11 is 0.684. The fraction of sp³-hybridized carbons (Fsp3) is 0.789. The molecular formula is C57H79F5N2O7S. The van der Waals surface area contributed by atoms with Crippen LogP contribution in [0.4, 0.5) is 22.0 Å². The monoisotopic (exact) mass is 1030 g/mol. The average Bonchev–Trinajstić information content (AvgIpc) is 3.98. The molecule has 0 aromatic heterocycles. The van der Waals surface area contributed by atoms with Gasteiger partial charge in [-0.05, 0) is 159 Å². The van der Waals surface area contributed by atoms with Crippen LogP contribution in [0.1, 0.15) is 121 Å². The van der Waals surface area contributed by atoms with Crippen LogP contribution < -0.4 is 0 Å². The number of nitrogens with zero attached hydrogens (tertiary/aromatic N) is 2. The van der Waals surface area contributed by atoms with Gasteiger partial charge in [-0.25, -0.2) is 22.0 Å². The molecule has 400 valence electrons. The summed E-state index contributed by atoms with van der Waals surface area (Å²) in [4.78, 5) is 55.4. The number of carboxylic acids is 1. The zero-order valence-corrected chi connectivity index (χ0v) is 44.8. The van der Waals surface area contributed by atoms with Crippen molar-refractivity contribution in [2.75, 3.05) is 45.3 Å². The number of allylic oxidation sites excluding steroid dienone is 8. The van der Waals surface area contributed by atoms with E-state index in [4.69, 9.17) is 0 Å². The number of carbonyl (C=O) groups is 4. The number of likely N-dealkylation sites (tertiary alicyclic amines) is 2. The van der Waals surface area contributed by atoms with Crippen LogP contribution in [0, 0.1) is 78.8 Å². The number of hydrogen-bond acceptors (Lipinski definition) is 9. The van der Waals surface area contributed by atoms with E-state index in [1.807, 2.05) is 13.8 Å². The summed E-state index contributed by atoms with van der Waals surface area (Å²) in [6.45, 7) is 23.8. The quantitative estimate of drug-likeness (QED) is 0.212. The molecule has 0 aromatic rings. The summed E-state index contributed by atoms with van der Waals surface area (Å²) in [5.74, 6) is -4.22. The fourth-order valence-electron chi connectivity index (χ4n) is 17.9. The lowest BCUT2D eigenvalue weighted by Gasteiger charge is -2.63. The molecule has 8 aliphatic carbocycles. The first-order valence-corrected chi connectivity index (χ1v) is 27.6. The number of aliphatic hydroxyl groups excluding tert-OH is 2. The molecule has 6 saturated carbocycles. The second-order valence-corrected chi connectivity index (χ2v) is 28.3. The minimum atomic E-state index is -2.16. The predicted octanol–water partition coefficient (Wildman–Crippen LogP) is 9.81. The number of aliphatic carboxylic acids is 1. The maximum absolute atomic E-state index is 17.4. The van der Waals surface area contributed by atoms with E-state index >= 15 is 17.6 Å². The molecule has 10 rings (SSSR count). The van der Waals surface area contributed by atoms with E-state index in [1.54, 1.807) is 13.8 Å². The van der Waals surface area contributed by atoms with Gasteiger partial charge in [-0.2, -0.15) is 0 Å². The van der Waals surface area contributed by atoms with Gasteiger partial charge in [0.15, 0.2) is 28.0 Å². The minimum absolute atomic E-state index is 0.0161.